The number of hydrogen-bond acceptors (Lipinski definition) is 4. The molecule has 3 rings (SSSR count). The van der Waals surface area contributed by atoms with Crippen molar-refractivity contribution in [2.24, 2.45) is 5.10 Å². The number of thioether (sulfide) groups is 1. The summed E-state index contributed by atoms with van der Waals surface area (Å²) in [6.45, 7) is 1.89. The zero-order chi connectivity index (χ0) is 12.7. The summed E-state index contributed by atoms with van der Waals surface area (Å²) < 4.78 is 1.02. The van der Waals surface area contributed by atoms with E-state index in [4.69, 9.17) is 0 Å². The highest BCUT2D eigenvalue weighted by Gasteiger charge is 2.36. The van der Waals surface area contributed by atoms with Crippen LogP contribution in [-0.4, -0.2) is 21.2 Å². The van der Waals surface area contributed by atoms with Gasteiger partial charge >= 0.3 is 0 Å². The average Bonchev–Trinajstić information content (AvgIpc) is 2.66. The van der Waals surface area contributed by atoms with Gasteiger partial charge in [0.25, 0.3) is 0 Å². The van der Waals surface area contributed by atoms with E-state index in [0.29, 0.717) is 5.17 Å². The summed E-state index contributed by atoms with van der Waals surface area (Å²) in [6.07, 6.45) is 1.81. The van der Waals surface area contributed by atoms with Crippen molar-refractivity contribution >= 4 is 44.5 Å². The second-order valence-electron chi connectivity index (χ2n) is 4.02. The molecule has 6 heteroatoms. The summed E-state index contributed by atoms with van der Waals surface area (Å²) >= 11 is 4.87. The van der Waals surface area contributed by atoms with Crippen molar-refractivity contribution < 1.29 is 4.79 Å². The minimum Gasteiger partial charge on any atom is -0.274 e. The summed E-state index contributed by atoms with van der Waals surface area (Å²) in [5, 5.41) is 4.88. The lowest BCUT2D eigenvalue weighted by Gasteiger charge is -2.19. The van der Waals surface area contributed by atoms with Gasteiger partial charge < -0.3 is 0 Å². The second kappa shape index (κ2) is 4.44. The summed E-state index contributed by atoms with van der Waals surface area (Å²) in [7, 11) is 0. The fourth-order valence-electron chi connectivity index (χ4n) is 1.79. The Bertz CT molecular complexity index is 567. The predicted molar refractivity (Wildman–Crippen MR) is 76.6 cm³/mol. The molecule has 0 bridgehead atoms. The van der Waals surface area contributed by atoms with E-state index < -0.39 is 0 Å². The van der Waals surface area contributed by atoms with Crippen molar-refractivity contribution in [3.8, 4) is 0 Å². The molecule has 92 valence electrons. The van der Waals surface area contributed by atoms with E-state index in [1.807, 2.05) is 37.4 Å². The normalized spacial score (nSPS) is 22.2. The standard InChI is InChI=1S/C12H10BrN3OS/c1-7-11(17)16-6-10(14-15-12(16)18-7)8-2-4-9(13)5-3-8/h2-7,14H,1H3. The van der Waals surface area contributed by atoms with Crippen LogP contribution < -0.4 is 5.43 Å². The van der Waals surface area contributed by atoms with E-state index in [1.165, 1.54) is 11.8 Å². The predicted octanol–water partition coefficient (Wildman–Crippen LogP) is 2.59. The Morgan fingerprint density at radius 2 is 2.11 bits per heavy atom. The third-order valence-corrected chi connectivity index (χ3v) is 4.34. The molecule has 1 aromatic rings. The van der Waals surface area contributed by atoms with E-state index in [-0.39, 0.29) is 11.2 Å². The number of fused-ring (bicyclic) bond motifs is 1. The Hall–Kier alpha value is -1.27. The number of nitrogens with one attached hydrogen (secondary N) is 1. The Morgan fingerprint density at radius 1 is 1.39 bits per heavy atom. The minimum absolute atomic E-state index is 0.0638. The van der Waals surface area contributed by atoms with Crippen molar-refractivity contribution in [1.82, 2.24) is 10.3 Å². The maximum absolute atomic E-state index is 11.9. The molecule has 1 atom stereocenters. The third kappa shape index (κ3) is 1.95. The monoisotopic (exact) mass is 323 g/mol. The highest BCUT2D eigenvalue weighted by atomic mass is 79.9. The molecular weight excluding hydrogens is 314 g/mol. The van der Waals surface area contributed by atoms with Crippen LogP contribution in [0.2, 0.25) is 0 Å². The number of hydrazone groups is 1. The summed E-state index contributed by atoms with van der Waals surface area (Å²) in [5.74, 6) is 0.0786. The molecule has 1 saturated heterocycles. The van der Waals surface area contributed by atoms with Gasteiger partial charge in [-0.15, -0.1) is 5.10 Å². The van der Waals surface area contributed by atoms with Gasteiger partial charge in [-0.2, -0.15) is 0 Å². The average molecular weight is 324 g/mol. The number of nitrogens with zero attached hydrogens (tertiary/aromatic N) is 2. The molecule has 2 heterocycles. The smallest absolute Gasteiger partial charge is 0.246 e. The lowest BCUT2D eigenvalue weighted by atomic mass is 10.1. The molecule has 0 saturated carbocycles. The molecule has 0 aliphatic carbocycles. The van der Waals surface area contributed by atoms with E-state index >= 15 is 0 Å². The lowest BCUT2D eigenvalue weighted by molar-refractivity contribution is -0.124. The lowest BCUT2D eigenvalue weighted by Crippen LogP contribution is -2.31. The van der Waals surface area contributed by atoms with E-state index in [2.05, 4.69) is 26.5 Å². The SMILES string of the molecule is CC1SC2=NNC(c3ccc(Br)cc3)=CN2C1=O. The van der Waals surface area contributed by atoms with Crippen LogP contribution in [0.4, 0.5) is 0 Å². The van der Waals surface area contributed by atoms with Gasteiger partial charge in [0.2, 0.25) is 5.91 Å². The molecule has 1 amide bonds. The van der Waals surface area contributed by atoms with E-state index in [1.54, 1.807) is 4.90 Å². The van der Waals surface area contributed by atoms with Gasteiger partial charge in [-0.25, -0.2) is 0 Å². The van der Waals surface area contributed by atoms with Crippen LogP contribution in [-0.2, 0) is 4.79 Å². The molecule has 0 radical (unpaired) electrons. The molecule has 18 heavy (non-hydrogen) atoms. The largest absolute Gasteiger partial charge is 0.274 e. The van der Waals surface area contributed by atoms with Crippen molar-refractivity contribution in [2.75, 3.05) is 0 Å². The van der Waals surface area contributed by atoms with Gasteiger partial charge in [0, 0.05) is 16.2 Å². The zero-order valence-electron chi connectivity index (χ0n) is 9.55. The van der Waals surface area contributed by atoms with Gasteiger partial charge in [0.05, 0.1) is 10.9 Å². The first-order chi connectivity index (χ1) is 8.65. The van der Waals surface area contributed by atoms with Gasteiger partial charge in [0.15, 0.2) is 5.17 Å². The van der Waals surface area contributed by atoms with Crippen LogP contribution in [0.1, 0.15) is 12.5 Å². The number of hydrogen-bond donors (Lipinski definition) is 1. The third-order valence-electron chi connectivity index (χ3n) is 2.76. The number of amides is 1. The quantitative estimate of drug-likeness (QED) is 0.864. The van der Waals surface area contributed by atoms with Gasteiger partial charge in [0.1, 0.15) is 0 Å². The number of rotatable bonds is 1. The van der Waals surface area contributed by atoms with E-state index in [0.717, 1.165) is 15.7 Å². The van der Waals surface area contributed by atoms with Crippen LogP contribution >= 0.6 is 27.7 Å². The summed E-state index contributed by atoms with van der Waals surface area (Å²) in [5.41, 5.74) is 4.81. The number of carbonyl (C=O) groups excluding carboxylic acids is 1. The molecule has 0 aromatic heterocycles. The van der Waals surface area contributed by atoms with Crippen LogP contribution in [0, 0.1) is 0 Å². The number of carbonyl (C=O) groups is 1. The molecule has 2 aliphatic rings. The van der Waals surface area contributed by atoms with Crippen LogP contribution in [0.15, 0.2) is 40.0 Å². The molecule has 2 aliphatic heterocycles. The van der Waals surface area contributed by atoms with Crippen molar-refractivity contribution in [3.63, 3.8) is 0 Å². The second-order valence-corrected chi connectivity index (χ2v) is 6.25. The molecule has 0 spiro atoms. The molecule has 1 aromatic carbocycles. The summed E-state index contributed by atoms with van der Waals surface area (Å²) in [6, 6.07) is 7.86. The van der Waals surface area contributed by atoms with Gasteiger partial charge in [-0.05, 0) is 19.1 Å². The Morgan fingerprint density at radius 3 is 2.83 bits per heavy atom. The highest BCUT2D eigenvalue weighted by molar-refractivity contribution is 9.10. The fourth-order valence-corrected chi connectivity index (χ4v) is 2.94. The van der Waals surface area contributed by atoms with Crippen molar-refractivity contribution in [1.29, 1.82) is 0 Å². The van der Waals surface area contributed by atoms with Crippen LogP contribution in [0.25, 0.3) is 5.70 Å². The van der Waals surface area contributed by atoms with Crippen LogP contribution in [0.5, 0.6) is 0 Å². The Kier molecular flexibility index (Phi) is 2.91. The van der Waals surface area contributed by atoms with E-state index in [9.17, 15) is 4.79 Å². The molecular formula is C12H10BrN3OS. The number of amidine groups is 1. The fraction of sp³-hybridized carbons (Fsp3) is 0.167. The minimum atomic E-state index is -0.0638. The van der Waals surface area contributed by atoms with Crippen LogP contribution in [0.3, 0.4) is 0 Å². The Balaban J connectivity index is 1.93. The van der Waals surface area contributed by atoms with Crippen molar-refractivity contribution in [2.45, 2.75) is 12.2 Å². The maximum atomic E-state index is 11.9. The first-order valence-electron chi connectivity index (χ1n) is 5.46. The Labute approximate surface area is 117 Å². The first-order valence-corrected chi connectivity index (χ1v) is 7.13. The summed E-state index contributed by atoms with van der Waals surface area (Å²) in [4.78, 5) is 13.5. The molecule has 1 fully saturated rings. The van der Waals surface area contributed by atoms with Gasteiger partial charge in [-0.3, -0.25) is 15.1 Å². The highest BCUT2D eigenvalue weighted by Crippen LogP contribution is 2.30. The first kappa shape index (κ1) is 11.8. The zero-order valence-corrected chi connectivity index (χ0v) is 12.0. The number of benzene rings is 1. The van der Waals surface area contributed by atoms with Crippen molar-refractivity contribution in [3.05, 3.63) is 40.5 Å². The van der Waals surface area contributed by atoms with Gasteiger partial charge in [-0.1, -0.05) is 39.8 Å². The topological polar surface area (TPSA) is 44.7 Å². The molecule has 1 N–H and O–H groups in total. The molecule has 4 nitrogen and oxygen atoms in total. The number of halogens is 1. The maximum Gasteiger partial charge on any atom is 0.246 e. The molecule has 1 unspecified atom stereocenters.